The van der Waals surface area contributed by atoms with Crippen LogP contribution in [0.15, 0.2) is 42.5 Å². The van der Waals surface area contributed by atoms with E-state index in [0.717, 1.165) is 0 Å². The van der Waals surface area contributed by atoms with E-state index in [2.05, 4.69) is 25.0 Å². The molecule has 3 rings (SSSR count). The maximum atomic E-state index is 12.3. The molecule has 0 aliphatic rings. The van der Waals surface area contributed by atoms with Crippen molar-refractivity contribution in [3.05, 3.63) is 59.3 Å². The predicted molar refractivity (Wildman–Crippen MR) is 104 cm³/mol. The van der Waals surface area contributed by atoms with Crippen LogP contribution < -0.4 is 5.32 Å². The molecule has 0 unspecified atom stereocenters. The molecule has 0 fully saturated rings. The highest BCUT2D eigenvalue weighted by atomic mass is 16.5. The van der Waals surface area contributed by atoms with Crippen LogP contribution in [0.3, 0.4) is 0 Å². The minimum absolute atomic E-state index is 0.0102. The minimum atomic E-state index is -0.792. The van der Waals surface area contributed by atoms with Gasteiger partial charge in [0.1, 0.15) is 0 Å². The molecule has 0 aliphatic carbocycles. The molecule has 0 aliphatic heterocycles. The number of ether oxygens (including phenoxy) is 3. The number of anilines is 1. The maximum Gasteiger partial charge on any atom is 0.359 e. The summed E-state index contributed by atoms with van der Waals surface area (Å²) in [5.41, 5.74) is 0.831. The lowest BCUT2D eigenvalue weighted by Gasteiger charge is -2.11. The van der Waals surface area contributed by atoms with Crippen LogP contribution in [0.1, 0.15) is 31.2 Å². The zero-order chi connectivity index (χ0) is 21.7. The molecule has 3 aromatic rings. The summed E-state index contributed by atoms with van der Waals surface area (Å²) in [5.74, 6) is -2.89. The monoisotopic (exact) mass is 411 g/mol. The van der Waals surface area contributed by atoms with Crippen LogP contribution in [0.5, 0.6) is 0 Å². The second-order valence-electron chi connectivity index (χ2n) is 5.99. The molecule has 0 atom stereocenters. The molecule has 10 nitrogen and oxygen atoms in total. The highest BCUT2D eigenvalue weighted by molar-refractivity contribution is 6.05. The Labute approximate surface area is 170 Å². The van der Waals surface area contributed by atoms with E-state index in [0.29, 0.717) is 10.9 Å². The molecule has 1 heterocycles. The quantitative estimate of drug-likeness (QED) is 0.464. The fraction of sp³-hybridized carbons (Fsp3) is 0.150. The van der Waals surface area contributed by atoms with Gasteiger partial charge in [0.15, 0.2) is 12.3 Å². The van der Waals surface area contributed by atoms with Gasteiger partial charge in [0, 0.05) is 5.39 Å². The maximum absolute atomic E-state index is 12.3. The molecule has 0 radical (unpaired) electrons. The number of amides is 1. The van der Waals surface area contributed by atoms with E-state index in [-0.39, 0.29) is 22.5 Å². The smallest absolute Gasteiger partial charge is 0.359 e. The van der Waals surface area contributed by atoms with E-state index in [1.807, 2.05) is 0 Å². The summed E-state index contributed by atoms with van der Waals surface area (Å²) < 4.78 is 14.3. The number of fused-ring (bicyclic) bond motifs is 1. The Balaban J connectivity index is 1.72. The molecule has 0 saturated carbocycles. The molecule has 1 amide bonds. The molecule has 30 heavy (non-hydrogen) atoms. The van der Waals surface area contributed by atoms with E-state index < -0.39 is 30.4 Å². The molecule has 2 aromatic carbocycles. The predicted octanol–water partition coefficient (Wildman–Crippen LogP) is 1.93. The number of carbonyl (C=O) groups is 4. The second-order valence-corrected chi connectivity index (χ2v) is 5.99. The first-order valence-corrected chi connectivity index (χ1v) is 8.65. The van der Waals surface area contributed by atoms with Crippen molar-refractivity contribution in [3.8, 4) is 0 Å². The number of hydrogen-bond donors (Lipinski definition) is 2. The number of carbonyl (C=O) groups excluding carboxylic acids is 4. The van der Waals surface area contributed by atoms with Crippen LogP contribution >= 0.6 is 0 Å². The Morgan fingerprint density at radius 1 is 0.967 bits per heavy atom. The first-order valence-electron chi connectivity index (χ1n) is 8.65. The molecule has 2 N–H and O–H groups in total. The molecular weight excluding hydrogens is 394 g/mol. The van der Waals surface area contributed by atoms with Gasteiger partial charge in [0.25, 0.3) is 5.91 Å². The number of aromatic nitrogens is 2. The first kappa shape index (κ1) is 20.5. The summed E-state index contributed by atoms with van der Waals surface area (Å²) in [7, 11) is 2.38. The van der Waals surface area contributed by atoms with Gasteiger partial charge in [-0.05, 0) is 24.3 Å². The number of benzene rings is 2. The van der Waals surface area contributed by atoms with Crippen molar-refractivity contribution in [1.29, 1.82) is 0 Å². The molecule has 0 spiro atoms. The summed E-state index contributed by atoms with van der Waals surface area (Å²) >= 11 is 0. The van der Waals surface area contributed by atoms with Crippen molar-refractivity contribution >= 4 is 40.4 Å². The standard InChI is InChI=1S/C20H17N3O7/c1-28-18(25)11-7-8-13(19(26)29-2)15(9-11)21-16(24)10-30-20(27)17-12-5-3-4-6-14(12)22-23-17/h3-9H,10H2,1-2H3,(H,21,24)(H,22,23). The van der Waals surface area contributed by atoms with Gasteiger partial charge in [0.05, 0.1) is 36.6 Å². The molecule has 154 valence electrons. The van der Waals surface area contributed by atoms with Crippen LogP contribution in [0, 0.1) is 0 Å². The number of nitrogens with one attached hydrogen (secondary N) is 2. The fourth-order valence-corrected chi connectivity index (χ4v) is 2.69. The van der Waals surface area contributed by atoms with Crippen molar-refractivity contribution in [2.24, 2.45) is 0 Å². The van der Waals surface area contributed by atoms with Crippen molar-refractivity contribution in [1.82, 2.24) is 10.2 Å². The van der Waals surface area contributed by atoms with E-state index in [4.69, 9.17) is 4.74 Å². The third-order valence-corrected chi connectivity index (χ3v) is 4.12. The SMILES string of the molecule is COC(=O)c1ccc(C(=O)OC)c(NC(=O)COC(=O)c2n[nH]c3ccccc23)c1. The molecule has 0 bridgehead atoms. The van der Waals surface area contributed by atoms with Gasteiger partial charge in [-0.1, -0.05) is 18.2 Å². The highest BCUT2D eigenvalue weighted by Gasteiger charge is 2.20. The lowest BCUT2D eigenvalue weighted by atomic mass is 10.1. The summed E-state index contributed by atoms with van der Waals surface area (Å²) in [4.78, 5) is 48.2. The van der Waals surface area contributed by atoms with Gasteiger partial charge in [0.2, 0.25) is 0 Å². The molecule has 10 heteroatoms. The summed E-state index contributed by atoms with van der Waals surface area (Å²) in [6.45, 7) is -0.636. The van der Waals surface area contributed by atoms with Crippen molar-refractivity contribution in [2.45, 2.75) is 0 Å². The molecular formula is C20H17N3O7. The number of aromatic amines is 1. The zero-order valence-electron chi connectivity index (χ0n) is 16.1. The Morgan fingerprint density at radius 3 is 2.43 bits per heavy atom. The minimum Gasteiger partial charge on any atom is -0.465 e. The topological polar surface area (TPSA) is 137 Å². The number of para-hydroxylation sites is 1. The average Bonchev–Trinajstić information content (AvgIpc) is 3.20. The number of hydrogen-bond acceptors (Lipinski definition) is 8. The highest BCUT2D eigenvalue weighted by Crippen LogP contribution is 2.20. The zero-order valence-corrected chi connectivity index (χ0v) is 16.1. The van der Waals surface area contributed by atoms with Gasteiger partial charge >= 0.3 is 17.9 Å². The van der Waals surface area contributed by atoms with E-state index >= 15 is 0 Å². The molecule has 0 saturated heterocycles. The number of H-pyrrole nitrogens is 1. The van der Waals surface area contributed by atoms with Gasteiger partial charge in [-0.3, -0.25) is 9.89 Å². The van der Waals surface area contributed by atoms with Gasteiger partial charge in [-0.15, -0.1) is 0 Å². The van der Waals surface area contributed by atoms with Crippen LogP contribution in [-0.4, -0.2) is 54.8 Å². The Bertz CT molecular complexity index is 1140. The van der Waals surface area contributed by atoms with Crippen LogP contribution in [0.4, 0.5) is 5.69 Å². The molecule has 1 aromatic heterocycles. The normalized spacial score (nSPS) is 10.3. The summed E-state index contributed by atoms with van der Waals surface area (Å²) in [5, 5.41) is 9.59. The number of esters is 3. The van der Waals surface area contributed by atoms with Gasteiger partial charge in [-0.25, -0.2) is 14.4 Å². The average molecular weight is 411 g/mol. The van der Waals surface area contributed by atoms with Crippen LogP contribution in [0.2, 0.25) is 0 Å². The summed E-state index contributed by atoms with van der Waals surface area (Å²) in [6.07, 6.45) is 0. The third-order valence-electron chi connectivity index (χ3n) is 4.12. The number of methoxy groups -OCH3 is 2. The lowest BCUT2D eigenvalue weighted by Crippen LogP contribution is -2.23. The number of rotatable bonds is 6. The Morgan fingerprint density at radius 2 is 1.70 bits per heavy atom. The van der Waals surface area contributed by atoms with E-state index in [1.165, 1.54) is 32.4 Å². The Hall–Kier alpha value is -4.21. The van der Waals surface area contributed by atoms with Crippen LogP contribution in [-0.2, 0) is 19.0 Å². The summed E-state index contributed by atoms with van der Waals surface area (Å²) in [6, 6.07) is 10.9. The number of nitrogens with zero attached hydrogens (tertiary/aromatic N) is 1. The van der Waals surface area contributed by atoms with Crippen molar-refractivity contribution < 1.29 is 33.4 Å². The largest absolute Gasteiger partial charge is 0.465 e. The Kier molecular flexibility index (Phi) is 6.06. The van der Waals surface area contributed by atoms with E-state index in [1.54, 1.807) is 24.3 Å². The first-order chi connectivity index (χ1) is 14.4. The fourth-order valence-electron chi connectivity index (χ4n) is 2.69. The van der Waals surface area contributed by atoms with Gasteiger partial charge < -0.3 is 19.5 Å². The van der Waals surface area contributed by atoms with E-state index in [9.17, 15) is 19.2 Å². The lowest BCUT2D eigenvalue weighted by molar-refractivity contribution is -0.119. The third kappa shape index (κ3) is 4.27. The van der Waals surface area contributed by atoms with Crippen LogP contribution in [0.25, 0.3) is 10.9 Å². The van der Waals surface area contributed by atoms with Gasteiger partial charge in [-0.2, -0.15) is 5.10 Å². The van der Waals surface area contributed by atoms with Crippen molar-refractivity contribution in [3.63, 3.8) is 0 Å². The second kappa shape index (κ2) is 8.86. The van der Waals surface area contributed by atoms with Crippen molar-refractivity contribution in [2.75, 3.05) is 26.1 Å².